The second-order valence-electron chi connectivity index (χ2n) is 7.69. The molecule has 31 heavy (non-hydrogen) atoms. The summed E-state index contributed by atoms with van der Waals surface area (Å²) in [5.74, 6) is 0.911. The number of para-hydroxylation sites is 1. The molecule has 0 spiro atoms. The maximum absolute atomic E-state index is 13.0. The van der Waals surface area contributed by atoms with Crippen LogP contribution in [-0.4, -0.2) is 66.1 Å². The SMILES string of the molecule is CN1CCN(CCNc2nc(Nc3cccc(C(F)(F)F)c3)nc3ccccc23)CC1. The second kappa shape index (κ2) is 9.07. The van der Waals surface area contributed by atoms with Gasteiger partial charge in [-0.05, 0) is 37.4 Å². The van der Waals surface area contributed by atoms with Crippen LogP contribution >= 0.6 is 0 Å². The smallest absolute Gasteiger partial charge is 0.368 e. The Labute approximate surface area is 179 Å². The Balaban J connectivity index is 1.51. The predicted molar refractivity (Wildman–Crippen MR) is 117 cm³/mol. The molecule has 2 N–H and O–H groups in total. The first-order valence-corrected chi connectivity index (χ1v) is 10.2. The van der Waals surface area contributed by atoms with Crippen LogP contribution in [0, 0.1) is 0 Å². The molecule has 1 saturated heterocycles. The standard InChI is InChI=1S/C22H25F3N6/c1-30-11-13-31(14-12-30)10-9-26-20-18-7-2-3-8-19(18)28-21(29-20)27-17-6-4-5-16(15-17)22(23,24)25/h2-8,15H,9-14H2,1H3,(H2,26,27,28,29). The first-order valence-electron chi connectivity index (χ1n) is 10.2. The quantitative estimate of drug-likeness (QED) is 0.615. The molecule has 0 amide bonds. The first kappa shape index (κ1) is 21.3. The van der Waals surface area contributed by atoms with Crippen molar-refractivity contribution in [3.8, 4) is 0 Å². The normalized spacial score (nSPS) is 15.9. The van der Waals surface area contributed by atoms with Gasteiger partial charge in [-0.3, -0.25) is 4.90 Å². The topological polar surface area (TPSA) is 56.3 Å². The van der Waals surface area contributed by atoms with Gasteiger partial charge in [-0.2, -0.15) is 18.2 Å². The summed E-state index contributed by atoms with van der Waals surface area (Å²) in [6.07, 6.45) is -4.40. The van der Waals surface area contributed by atoms with Gasteiger partial charge in [0.1, 0.15) is 5.82 Å². The highest BCUT2D eigenvalue weighted by Crippen LogP contribution is 2.31. The zero-order chi connectivity index (χ0) is 21.8. The molecule has 0 aliphatic carbocycles. The third kappa shape index (κ3) is 5.42. The summed E-state index contributed by atoms with van der Waals surface area (Å²) in [7, 11) is 2.13. The van der Waals surface area contributed by atoms with Crippen molar-refractivity contribution in [3.05, 3.63) is 54.1 Å². The molecule has 2 heterocycles. The van der Waals surface area contributed by atoms with Gasteiger partial charge in [0, 0.05) is 50.3 Å². The van der Waals surface area contributed by atoms with Gasteiger partial charge in [0.05, 0.1) is 11.1 Å². The van der Waals surface area contributed by atoms with Crippen molar-refractivity contribution < 1.29 is 13.2 Å². The van der Waals surface area contributed by atoms with Crippen molar-refractivity contribution in [2.24, 2.45) is 0 Å². The maximum atomic E-state index is 13.0. The largest absolute Gasteiger partial charge is 0.416 e. The number of hydrogen-bond donors (Lipinski definition) is 2. The molecular weight excluding hydrogens is 405 g/mol. The van der Waals surface area contributed by atoms with E-state index in [9.17, 15) is 13.2 Å². The fourth-order valence-corrected chi connectivity index (χ4v) is 3.57. The number of alkyl halides is 3. The predicted octanol–water partition coefficient (Wildman–Crippen LogP) is 4.05. The number of rotatable bonds is 6. The molecule has 2 aromatic carbocycles. The van der Waals surface area contributed by atoms with Crippen molar-refractivity contribution in [3.63, 3.8) is 0 Å². The molecule has 1 aromatic heterocycles. The number of piperazine rings is 1. The summed E-state index contributed by atoms with van der Waals surface area (Å²) >= 11 is 0. The summed E-state index contributed by atoms with van der Waals surface area (Å²) in [6.45, 7) is 5.79. The molecule has 4 rings (SSSR count). The van der Waals surface area contributed by atoms with Gasteiger partial charge in [-0.15, -0.1) is 0 Å². The van der Waals surface area contributed by atoms with Crippen LogP contribution in [0.3, 0.4) is 0 Å². The minimum absolute atomic E-state index is 0.250. The van der Waals surface area contributed by atoms with Gasteiger partial charge in [0.2, 0.25) is 5.95 Å². The summed E-state index contributed by atoms with van der Waals surface area (Å²) in [4.78, 5) is 13.7. The van der Waals surface area contributed by atoms with E-state index in [1.54, 1.807) is 6.07 Å². The van der Waals surface area contributed by atoms with Crippen molar-refractivity contribution in [2.75, 3.05) is 56.9 Å². The van der Waals surface area contributed by atoms with Crippen LogP contribution in [0.2, 0.25) is 0 Å². The van der Waals surface area contributed by atoms with Crippen LogP contribution in [0.15, 0.2) is 48.5 Å². The lowest BCUT2D eigenvalue weighted by atomic mass is 10.2. The average molecular weight is 430 g/mol. The molecule has 0 bridgehead atoms. The second-order valence-corrected chi connectivity index (χ2v) is 7.69. The molecule has 9 heteroatoms. The highest BCUT2D eigenvalue weighted by atomic mass is 19.4. The van der Waals surface area contributed by atoms with Crippen molar-refractivity contribution in [1.29, 1.82) is 0 Å². The summed E-state index contributed by atoms with van der Waals surface area (Å²) < 4.78 is 39.1. The maximum Gasteiger partial charge on any atom is 0.416 e. The van der Waals surface area contributed by atoms with Gasteiger partial charge in [0.15, 0.2) is 0 Å². The number of aromatic nitrogens is 2. The summed E-state index contributed by atoms with van der Waals surface area (Å²) in [5.41, 5.74) is 0.284. The highest BCUT2D eigenvalue weighted by Gasteiger charge is 2.30. The fraction of sp³-hybridized carbons (Fsp3) is 0.364. The lowest BCUT2D eigenvalue weighted by Crippen LogP contribution is -2.45. The zero-order valence-corrected chi connectivity index (χ0v) is 17.3. The van der Waals surface area contributed by atoms with E-state index in [0.717, 1.165) is 50.2 Å². The van der Waals surface area contributed by atoms with Gasteiger partial charge < -0.3 is 15.5 Å². The van der Waals surface area contributed by atoms with E-state index >= 15 is 0 Å². The minimum Gasteiger partial charge on any atom is -0.368 e. The Kier molecular flexibility index (Phi) is 6.24. The van der Waals surface area contributed by atoms with E-state index in [4.69, 9.17) is 0 Å². The molecule has 0 atom stereocenters. The molecule has 0 saturated carbocycles. The molecule has 6 nitrogen and oxygen atoms in total. The molecule has 3 aromatic rings. The fourth-order valence-electron chi connectivity index (χ4n) is 3.57. The lowest BCUT2D eigenvalue weighted by Gasteiger charge is -2.32. The van der Waals surface area contributed by atoms with Crippen LogP contribution in [0.1, 0.15) is 5.56 Å². The van der Waals surface area contributed by atoms with E-state index in [2.05, 4.69) is 37.4 Å². The number of benzene rings is 2. The summed E-state index contributed by atoms with van der Waals surface area (Å²) in [5, 5.41) is 7.17. The van der Waals surface area contributed by atoms with Crippen molar-refractivity contribution in [2.45, 2.75) is 6.18 Å². The number of hydrogen-bond acceptors (Lipinski definition) is 6. The molecule has 164 valence electrons. The number of halogens is 3. The van der Waals surface area contributed by atoms with Crippen LogP contribution in [0.5, 0.6) is 0 Å². The number of anilines is 3. The molecule has 1 fully saturated rings. The summed E-state index contributed by atoms with van der Waals surface area (Å²) in [6, 6.07) is 12.6. The van der Waals surface area contributed by atoms with E-state index in [1.165, 1.54) is 6.07 Å². The molecule has 1 aliphatic heterocycles. The van der Waals surface area contributed by atoms with Crippen LogP contribution in [-0.2, 0) is 6.18 Å². The number of nitrogens with one attached hydrogen (secondary N) is 2. The molecule has 0 unspecified atom stereocenters. The number of nitrogens with zero attached hydrogens (tertiary/aromatic N) is 4. The Hall–Kier alpha value is -2.91. The zero-order valence-electron chi connectivity index (χ0n) is 17.3. The van der Waals surface area contributed by atoms with E-state index in [0.29, 0.717) is 17.9 Å². The van der Waals surface area contributed by atoms with Crippen molar-refractivity contribution in [1.82, 2.24) is 19.8 Å². The Bertz CT molecular complexity index is 1030. The minimum atomic E-state index is -4.40. The number of fused-ring (bicyclic) bond motifs is 1. The van der Waals surface area contributed by atoms with Gasteiger partial charge in [0.25, 0.3) is 0 Å². The molecular formula is C22H25F3N6. The third-order valence-corrected chi connectivity index (χ3v) is 5.37. The highest BCUT2D eigenvalue weighted by molar-refractivity contribution is 5.90. The molecule has 0 radical (unpaired) electrons. The van der Waals surface area contributed by atoms with Gasteiger partial charge >= 0.3 is 6.18 Å². The Morgan fingerprint density at radius 1 is 0.968 bits per heavy atom. The monoisotopic (exact) mass is 430 g/mol. The van der Waals surface area contributed by atoms with Crippen molar-refractivity contribution >= 4 is 28.4 Å². The first-order chi connectivity index (χ1) is 14.9. The molecule has 1 aliphatic rings. The third-order valence-electron chi connectivity index (χ3n) is 5.37. The van der Waals surface area contributed by atoms with E-state index in [-0.39, 0.29) is 11.6 Å². The van der Waals surface area contributed by atoms with E-state index in [1.807, 2.05) is 24.3 Å². The Morgan fingerprint density at radius 2 is 1.74 bits per heavy atom. The lowest BCUT2D eigenvalue weighted by molar-refractivity contribution is -0.137. The Morgan fingerprint density at radius 3 is 2.52 bits per heavy atom. The average Bonchev–Trinajstić information content (AvgIpc) is 2.75. The number of likely N-dealkylation sites (N-methyl/N-ethyl adjacent to an activating group) is 1. The van der Waals surface area contributed by atoms with Gasteiger partial charge in [-0.25, -0.2) is 4.98 Å². The van der Waals surface area contributed by atoms with Crippen LogP contribution < -0.4 is 10.6 Å². The van der Waals surface area contributed by atoms with E-state index < -0.39 is 11.7 Å². The van der Waals surface area contributed by atoms with Gasteiger partial charge in [-0.1, -0.05) is 18.2 Å². The van der Waals surface area contributed by atoms with Crippen LogP contribution in [0.25, 0.3) is 10.9 Å². The van der Waals surface area contributed by atoms with Crippen LogP contribution in [0.4, 0.5) is 30.6 Å².